The van der Waals surface area contributed by atoms with E-state index in [0.717, 1.165) is 43.9 Å². The molecule has 0 radical (unpaired) electrons. The quantitative estimate of drug-likeness (QED) is 0.858. The van der Waals surface area contributed by atoms with Gasteiger partial charge in [-0.3, -0.25) is 9.69 Å². The highest BCUT2D eigenvalue weighted by Crippen LogP contribution is 2.21. The van der Waals surface area contributed by atoms with Crippen LogP contribution in [0.1, 0.15) is 22.8 Å². The van der Waals surface area contributed by atoms with Crippen molar-refractivity contribution < 1.29 is 9.53 Å². The van der Waals surface area contributed by atoms with Crippen molar-refractivity contribution in [3.8, 4) is 0 Å². The maximum atomic E-state index is 11.4. The number of ketones is 1. The van der Waals surface area contributed by atoms with E-state index in [9.17, 15) is 4.79 Å². The van der Waals surface area contributed by atoms with E-state index < -0.39 is 0 Å². The van der Waals surface area contributed by atoms with Gasteiger partial charge in [0.15, 0.2) is 5.78 Å². The SMILES string of the molecule is CC(=O)c1ccc2c(CN3CCOCC3)c[nH]c2c1. The molecule has 1 saturated heterocycles. The Labute approximate surface area is 112 Å². The summed E-state index contributed by atoms with van der Waals surface area (Å²) < 4.78 is 5.36. The molecule has 0 amide bonds. The van der Waals surface area contributed by atoms with Crippen LogP contribution in [0.5, 0.6) is 0 Å². The van der Waals surface area contributed by atoms with Gasteiger partial charge in [0.1, 0.15) is 0 Å². The van der Waals surface area contributed by atoms with Gasteiger partial charge in [0.05, 0.1) is 13.2 Å². The number of hydrogen-bond acceptors (Lipinski definition) is 3. The van der Waals surface area contributed by atoms with Crippen LogP contribution in [0.25, 0.3) is 10.9 Å². The average Bonchev–Trinajstić information content (AvgIpc) is 2.82. The van der Waals surface area contributed by atoms with Crippen molar-refractivity contribution in [1.29, 1.82) is 0 Å². The third-order valence-corrected chi connectivity index (χ3v) is 3.67. The maximum absolute atomic E-state index is 11.4. The molecule has 0 bridgehead atoms. The number of aromatic nitrogens is 1. The standard InChI is InChI=1S/C15H18N2O2/c1-11(18)12-2-3-14-13(9-16-15(14)8-12)10-17-4-6-19-7-5-17/h2-3,8-9,16H,4-7,10H2,1H3. The van der Waals surface area contributed by atoms with Crippen molar-refractivity contribution in [2.45, 2.75) is 13.5 Å². The first-order chi connectivity index (χ1) is 9.24. The smallest absolute Gasteiger partial charge is 0.159 e. The van der Waals surface area contributed by atoms with E-state index in [-0.39, 0.29) is 5.78 Å². The zero-order chi connectivity index (χ0) is 13.2. The molecule has 4 heteroatoms. The molecule has 1 aromatic heterocycles. The van der Waals surface area contributed by atoms with E-state index in [1.54, 1.807) is 6.92 Å². The lowest BCUT2D eigenvalue weighted by molar-refractivity contribution is 0.0343. The summed E-state index contributed by atoms with van der Waals surface area (Å²) in [7, 11) is 0. The van der Waals surface area contributed by atoms with Crippen molar-refractivity contribution in [2.75, 3.05) is 26.3 Å². The summed E-state index contributed by atoms with van der Waals surface area (Å²) in [6.45, 7) is 6.13. The topological polar surface area (TPSA) is 45.3 Å². The van der Waals surface area contributed by atoms with Crippen LogP contribution in [0.3, 0.4) is 0 Å². The molecule has 1 fully saturated rings. The molecule has 1 aromatic carbocycles. The second-order valence-electron chi connectivity index (χ2n) is 5.02. The van der Waals surface area contributed by atoms with Crippen molar-refractivity contribution in [2.24, 2.45) is 0 Å². The largest absolute Gasteiger partial charge is 0.379 e. The average molecular weight is 258 g/mol. The number of hydrogen-bond donors (Lipinski definition) is 1. The molecule has 0 saturated carbocycles. The molecule has 0 atom stereocenters. The Morgan fingerprint density at radius 3 is 2.89 bits per heavy atom. The van der Waals surface area contributed by atoms with Crippen LogP contribution in [0.15, 0.2) is 24.4 Å². The number of morpholine rings is 1. The lowest BCUT2D eigenvalue weighted by atomic mass is 10.1. The number of nitrogens with zero attached hydrogens (tertiary/aromatic N) is 1. The molecule has 2 heterocycles. The van der Waals surface area contributed by atoms with E-state index in [0.29, 0.717) is 0 Å². The minimum atomic E-state index is 0.103. The number of H-pyrrole nitrogens is 1. The van der Waals surface area contributed by atoms with Crippen molar-refractivity contribution in [3.63, 3.8) is 0 Å². The van der Waals surface area contributed by atoms with E-state index >= 15 is 0 Å². The summed E-state index contributed by atoms with van der Waals surface area (Å²) >= 11 is 0. The summed E-state index contributed by atoms with van der Waals surface area (Å²) in [6.07, 6.45) is 2.05. The number of benzene rings is 1. The van der Waals surface area contributed by atoms with Crippen molar-refractivity contribution in [1.82, 2.24) is 9.88 Å². The van der Waals surface area contributed by atoms with Gasteiger partial charge >= 0.3 is 0 Å². The van der Waals surface area contributed by atoms with Gasteiger partial charge in [-0.25, -0.2) is 0 Å². The lowest BCUT2D eigenvalue weighted by Gasteiger charge is -2.26. The Morgan fingerprint density at radius 2 is 2.16 bits per heavy atom. The lowest BCUT2D eigenvalue weighted by Crippen LogP contribution is -2.35. The number of rotatable bonds is 3. The number of carbonyl (C=O) groups is 1. The molecule has 1 aliphatic heterocycles. The van der Waals surface area contributed by atoms with Gasteiger partial charge in [-0.2, -0.15) is 0 Å². The summed E-state index contributed by atoms with van der Waals surface area (Å²) in [5.41, 5.74) is 3.08. The summed E-state index contributed by atoms with van der Waals surface area (Å²) in [5, 5.41) is 1.21. The van der Waals surface area contributed by atoms with Crippen molar-refractivity contribution >= 4 is 16.7 Å². The van der Waals surface area contributed by atoms with Gasteiger partial charge in [0, 0.05) is 42.3 Å². The van der Waals surface area contributed by atoms with Crippen LogP contribution in [0.4, 0.5) is 0 Å². The van der Waals surface area contributed by atoms with E-state index in [4.69, 9.17) is 4.74 Å². The Morgan fingerprint density at radius 1 is 1.37 bits per heavy atom. The fourth-order valence-electron chi connectivity index (χ4n) is 2.54. The monoisotopic (exact) mass is 258 g/mol. The zero-order valence-corrected chi connectivity index (χ0v) is 11.1. The van der Waals surface area contributed by atoms with Gasteiger partial charge < -0.3 is 9.72 Å². The van der Waals surface area contributed by atoms with E-state index in [1.165, 1.54) is 10.9 Å². The molecule has 2 aromatic rings. The first-order valence-electron chi connectivity index (χ1n) is 6.65. The molecule has 100 valence electrons. The molecule has 4 nitrogen and oxygen atoms in total. The second-order valence-corrected chi connectivity index (χ2v) is 5.02. The van der Waals surface area contributed by atoms with Gasteiger partial charge in [-0.15, -0.1) is 0 Å². The molecular weight excluding hydrogens is 240 g/mol. The fraction of sp³-hybridized carbons (Fsp3) is 0.400. The molecule has 3 rings (SSSR count). The first-order valence-corrected chi connectivity index (χ1v) is 6.65. The minimum Gasteiger partial charge on any atom is -0.379 e. The predicted molar refractivity (Wildman–Crippen MR) is 74.4 cm³/mol. The highest BCUT2D eigenvalue weighted by atomic mass is 16.5. The normalized spacial score (nSPS) is 16.9. The minimum absolute atomic E-state index is 0.103. The number of aromatic amines is 1. The predicted octanol–water partition coefficient (Wildman–Crippen LogP) is 2.20. The Bertz CT molecular complexity index is 597. The number of nitrogens with one attached hydrogen (secondary N) is 1. The highest BCUT2D eigenvalue weighted by Gasteiger charge is 2.13. The molecule has 0 unspecified atom stereocenters. The number of carbonyl (C=O) groups excluding carboxylic acids is 1. The van der Waals surface area contributed by atoms with Crippen LogP contribution >= 0.6 is 0 Å². The fourth-order valence-corrected chi connectivity index (χ4v) is 2.54. The van der Waals surface area contributed by atoms with Crippen LogP contribution in [0, 0.1) is 0 Å². The number of Topliss-reactive ketones (excluding diaryl/α,β-unsaturated/α-hetero) is 1. The maximum Gasteiger partial charge on any atom is 0.159 e. The van der Waals surface area contributed by atoms with Gasteiger partial charge in [-0.05, 0) is 18.6 Å². The molecule has 0 spiro atoms. The Balaban J connectivity index is 1.86. The third-order valence-electron chi connectivity index (χ3n) is 3.67. The third kappa shape index (κ3) is 2.55. The zero-order valence-electron chi connectivity index (χ0n) is 11.1. The summed E-state index contributed by atoms with van der Waals surface area (Å²) in [6, 6.07) is 5.88. The van der Waals surface area contributed by atoms with Gasteiger partial charge in [0.25, 0.3) is 0 Å². The first kappa shape index (κ1) is 12.4. The van der Waals surface area contributed by atoms with Crippen LogP contribution in [0.2, 0.25) is 0 Å². The Hall–Kier alpha value is -1.65. The number of ether oxygens (including phenoxy) is 1. The highest BCUT2D eigenvalue weighted by molar-refractivity contribution is 5.98. The Kier molecular flexibility index (Phi) is 3.36. The van der Waals surface area contributed by atoms with Gasteiger partial charge in [0.2, 0.25) is 0 Å². The van der Waals surface area contributed by atoms with E-state index in [1.807, 2.05) is 24.4 Å². The van der Waals surface area contributed by atoms with Gasteiger partial charge in [-0.1, -0.05) is 12.1 Å². The van der Waals surface area contributed by atoms with Crippen LogP contribution in [-0.2, 0) is 11.3 Å². The molecule has 19 heavy (non-hydrogen) atoms. The molecule has 0 aliphatic carbocycles. The molecular formula is C15H18N2O2. The van der Waals surface area contributed by atoms with Crippen LogP contribution in [-0.4, -0.2) is 42.0 Å². The second kappa shape index (κ2) is 5.15. The number of fused-ring (bicyclic) bond motifs is 1. The summed E-state index contributed by atoms with van der Waals surface area (Å²) in [5.74, 6) is 0.103. The molecule has 1 aliphatic rings. The molecule has 1 N–H and O–H groups in total. The summed E-state index contributed by atoms with van der Waals surface area (Å²) in [4.78, 5) is 17.0. The van der Waals surface area contributed by atoms with E-state index in [2.05, 4.69) is 9.88 Å². The van der Waals surface area contributed by atoms with Crippen LogP contribution < -0.4 is 0 Å². The van der Waals surface area contributed by atoms with Crippen molar-refractivity contribution in [3.05, 3.63) is 35.5 Å².